The zero-order valence-electron chi connectivity index (χ0n) is 10.8. The van der Waals surface area contributed by atoms with E-state index in [1.807, 2.05) is 0 Å². The summed E-state index contributed by atoms with van der Waals surface area (Å²) in [5.74, 6) is -0.494. The number of aromatic nitrogens is 1. The van der Waals surface area contributed by atoms with Crippen LogP contribution in [0.1, 0.15) is 26.3 Å². The van der Waals surface area contributed by atoms with Gasteiger partial charge in [0.15, 0.2) is 0 Å². The summed E-state index contributed by atoms with van der Waals surface area (Å²) in [7, 11) is 1.55. The van der Waals surface area contributed by atoms with Gasteiger partial charge in [-0.15, -0.1) is 0 Å². The fraction of sp³-hybridized carbons (Fsp3) is 0.500. The van der Waals surface area contributed by atoms with Crippen LogP contribution in [0, 0.1) is 5.82 Å². The van der Waals surface area contributed by atoms with Crippen LogP contribution in [0.2, 0.25) is 5.15 Å². The first-order chi connectivity index (χ1) is 8.19. The summed E-state index contributed by atoms with van der Waals surface area (Å²) in [5, 5.41) is 0.173. The van der Waals surface area contributed by atoms with E-state index in [1.54, 1.807) is 27.8 Å². The molecule has 100 valence electrons. The quantitative estimate of drug-likeness (QED) is 0.778. The van der Waals surface area contributed by atoms with Gasteiger partial charge in [0.25, 0.3) is 0 Å². The van der Waals surface area contributed by atoms with Crippen molar-refractivity contribution in [2.75, 3.05) is 7.05 Å². The van der Waals surface area contributed by atoms with Gasteiger partial charge in [0.1, 0.15) is 16.6 Å². The van der Waals surface area contributed by atoms with Gasteiger partial charge in [-0.3, -0.25) is 0 Å². The summed E-state index contributed by atoms with van der Waals surface area (Å²) in [6, 6.07) is 1.25. The second kappa shape index (κ2) is 5.52. The maximum absolute atomic E-state index is 13.0. The largest absolute Gasteiger partial charge is 0.444 e. The first-order valence-corrected chi connectivity index (χ1v) is 5.81. The number of nitrogens with zero attached hydrogens (tertiary/aromatic N) is 2. The maximum Gasteiger partial charge on any atom is 0.410 e. The first-order valence-electron chi connectivity index (χ1n) is 5.43. The molecule has 0 aliphatic rings. The summed E-state index contributed by atoms with van der Waals surface area (Å²) in [6.07, 6.45) is 0.530. The van der Waals surface area contributed by atoms with Crippen LogP contribution in [0.5, 0.6) is 0 Å². The zero-order valence-corrected chi connectivity index (χ0v) is 11.6. The summed E-state index contributed by atoms with van der Waals surface area (Å²) >= 11 is 5.82. The van der Waals surface area contributed by atoms with E-state index in [1.165, 1.54) is 11.0 Å². The lowest BCUT2D eigenvalue weighted by Gasteiger charge is -2.24. The van der Waals surface area contributed by atoms with Crippen LogP contribution in [0.3, 0.4) is 0 Å². The van der Waals surface area contributed by atoms with Gasteiger partial charge in [-0.05, 0) is 26.8 Å². The predicted molar refractivity (Wildman–Crippen MR) is 66.9 cm³/mol. The average Bonchev–Trinajstić information content (AvgIpc) is 2.21. The SMILES string of the molecule is CN(Cc1cc(F)cnc1Cl)C(=O)OC(C)(C)C. The molecule has 0 bridgehead atoms. The molecule has 1 rings (SSSR count). The van der Waals surface area contributed by atoms with Crippen molar-refractivity contribution in [3.8, 4) is 0 Å². The third kappa shape index (κ3) is 4.49. The minimum Gasteiger partial charge on any atom is -0.444 e. The van der Waals surface area contributed by atoms with E-state index in [-0.39, 0.29) is 11.7 Å². The molecule has 4 nitrogen and oxygen atoms in total. The van der Waals surface area contributed by atoms with Gasteiger partial charge in [-0.2, -0.15) is 0 Å². The molecule has 0 unspecified atom stereocenters. The van der Waals surface area contributed by atoms with Crippen molar-refractivity contribution < 1.29 is 13.9 Å². The van der Waals surface area contributed by atoms with Crippen LogP contribution >= 0.6 is 11.6 Å². The monoisotopic (exact) mass is 274 g/mol. The van der Waals surface area contributed by atoms with Crippen molar-refractivity contribution in [1.82, 2.24) is 9.88 Å². The fourth-order valence-electron chi connectivity index (χ4n) is 1.24. The molecular weight excluding hydrogens is 259 g/mol. The Hall–Kier alpha value is -1.36. The molecule has 0 saturated heterocycles. The molecule has 0 spiro atoms. The fourth-order valence-corrected chi connectivity index (χ4v) is 1.40. The van der Waals surface area contributed by atoms with Crippen molar-refractivity contribution >= 4 is 17.7 Å². The Balaban J connectivity index is 2.72. The molecule has 0 saturated carbocycles. The van der Waals surface area contributed by atoms with E-state index in [4.69, 9.17) is 16.3 Å². The van der Waals surface area contributed by atoms with Gasteiger partial charge in [0.05, 0.1) is 12.7 Å². The molecule has 0 atom stereocenters. The maximum atomic E-state index is 13.0. The van der Waals surface area contributed by atoms with Crippen LogP contribution in [-0.4, -0.2) is 28.6 Å². The van der Waals surface area contributed by atoms with E-state index in [0.29, 0.717) is 5.56 Å². The van der Waals surface area contributed by atoms with Gasteiger partial charge in [-0.25, -0.2) is 14.2 Å². The topological polar surface area (TPSA) is 42.4 Å². The minimum atomic E-state index is -0.574. The lowest BCUT2D eigenvalue weighted by atomic mass is 10.2. The second-order valence-electron chi connectivity index (χ2n) is 4.94. The number of amides is 1. The van der Waals surface area contributed by atoms with Crippen molar-refractivity contribution in [2.45, 2.75) is 32.9 Å². The molecule has 0 radical (unpaired) electrons. The molecule has 1 heterocycles. The first kappa shape index (κ1) is 14.7. The summed E-state index contributed by atoms with van der Waals surface area (Å²) < 4.78 is 18.2. The Morgan fingerprint density at radius 1 is 1.56 bits per heavy atom. The summed E-state index contributed by atoms with van der Waals surface area (Å²) in [6.45, 7) is 5.46. The molecular formula is C12H16ClFN2O2. The van der Waals surface area contributed by atoms with Crippen LogP contribution in [0.4, 0.5) is 9.18 Å². The smallest absolute Gasteiger partial charge is 0.410 e. The second-order valence-corrected chi connectivity index (χ2v) is 5.30. The molecule has 0 fully saturated rings. The normalized spacial score (nSPS) is 11.2. The number of hydrogen-bond acceptors (Lipinski definition) is 3. The predicted octanol–water partition coefficient (Wildman–Crippen LogP) is 3.24. The van der Waals surface area contributed by atoms with Crippen molar-refractivity contribution in [1.29, 1.82) is 0 Å². The zero-order chi connectivity index (χ0) is 13.9. The average molecular weight is 275 g/mol. The summed E-state index contributed by atoms with van der Waals surface area (Å²) in [5.41, 5.74) is -0.139. The number of carbonyl (C=O) groups is 1. The molecule has 18 heavy (non-hydrogen) atoms. The Bertz CT molecular complexity index is 446. The van der Waals surface area contributed by atoms with E-state index < -0.39 is 17.5 Å². The number of ether oxygens (including phenoxy) is 1. The van der Waals surface area contributed by atoms with E-state index in [0.717, 1.165) is 6.20 Å². The molecule has 1 amide bonds. The number of halogens is 2. The van der Waals surface area contributed by atoms with Crippen molar-refractivity contribution in [3.05, 3.63) is 28.8 Å². The van der Waals surface area contributed by atoms with Gasteiger partial charge >= 0.3 is 6.09 Å². The highest BCUT2D eigenvalue weighted by Gasteiger charge is 2.20. The number of carbonyl (C=O) groups excluding carboxylic acids is 1. The minimum absolute atomic E-state index is 0.137. The highest BCUT2D eigenvalue weighted by Crippen LogP contribution is 2.17. The Morgan fingerprint density at radius 2 is 2.17 bits per heavy atom. The standard InChI is InChI=1S/C12H16ClFN2O2/c1-12(2,3)18-11(17)16(4)7-8-5-9(14)6-15-10(8)13/h5-6H,7H2,1-4H3. The van der Waals surface area contributed by atoms with Gasteiger partial charge in [0, 0.05) is 12.6 Å². The van der Waals surface area contributed by atoms with Gasteiger partial charge < -0.3 is 9.64 Å². The van der Waals surface area contributed by atoms with Crippen LogP contribution < -0.4 is 0 Å². The third-order valence-electron chi connectivity index (χ3n) is 1.99. The van der Waals surface area contributed by atoms with E-state index in [2.05, 4.69) is 4.98 Å². The Morgan fingerprint density at radius 3 is 2.72 bits per heavy atom. The molecule has 0 aliphatic carbocycles. The van der Waals surface area contributed by atoms with Crippen molar-refractivity contribution in [2.24, 2.45) is 0 Å². The number of rotatable bonds is 2. The van der Waals surface area contributed by atoms with Gasteiger partial charge in [0.2, 0.25) is 0 Å². The molecule has 0 aliphatic heterocycles. The molecule has 0 aromatic carbocycles. The Kier molecular flexibility index (Phi) is 4.51. The lowest BCUT2D eigenvalue weighted by Crippen LogP contribution is -2.33. The van der Waals surface area contributed by atoms with E-state index in [9.17, 15) is 9.18 Å². The third-order valence-corrected chi connectivity index (χ3v) is 2.33. The van der Waals surface area contributed by atoms with Gasteiger partial charge in [-0.1, -0.05) is 11.6 Å². The molecule has 0 N–H and O–H groups in total. The van der Waals surface area contributed by atoms with Crippen LogP contribution in [-0.2, 0) is 11.3 Å². The Labute approximate surface area is 111 Å². The highest BCUT2D eigenvalue weighted by atomic mass is 35.5. The molecule has 1 aromatic heterocycles. The van der Waals surface area contributed by atoms with Crippen LogP contribution in [0.25, 0.3) is 0 Å². The van der Waals surface area contributed by atoms with E-state index >= 15 is 0 Å². The lowest BCUT2D eigenvalue weighted by molar-refractivity contribution is 0.0285. The number of hydrogen-bond donors (Lipinski definition) is 0. The highest BCUT2D eigenvalue weighted by molar-refractivity contribution is 6.30. The molecule has 6 heteroatoms. The molecule has 1 aromatic rings. The number of pyridine rings is 1. The van der Waals surface area contributed by atoms with Crippen molar-refractivity contribution in [3.63, 3.8) is 0 Å². The van der Waals surface area contributed by atoms with Crippen LogP contribution in [0.15, 0.2) is 12.3 Å². The summed E-state index contributed by atoms with van der Waals surface area (Å²) in [4.78, 5) is 16.7.